The molecule has 7 nitrogen and oxygen atoms in total. The summed E-state index contributed by atoms with van der Waals surface area (Å²) in [7, 11) is 2.99. The Kier molecular flexibility index (Phi) is 7.98. The molecule has 3 rings (SSSR count). The first-order valence-corrected chi connectivity index (χ1v) is 11.2. The standard InChI is InChI=1S/C26H31NO6/c1-5-7-13-27-23(17-9-8-10-19(15-17)33-14-6-2)22(25(29)26(27)30)24(28)20-16-18(31-3)11-12-21(20)32-4/h8-12,15-16,23,28H,5-7,13-14H2,1-4H3/b24-22+. The number of aliphatic hydroxyl groups excluding tert-OH is 1. The fraction of sp³-hybridized carbons (Fsp3) is 0.385. The number of nitrogens with zero attached hydrogens (tertiary/aromatic N) is 1. The molecule has 0 bridgehead atoms. The molecule has 1 heterocycles. The van der Waals surface area contributed by atoms with Gasteiger partial charge in [0.05, 0.1) is 38.0 Å². The van der Waals surface area contributed by atoms with Crippen molar-refractivity contribution in [3.8, 4) is 17.2 Å². The molecule has 2 aromatic carbocycles. The fourth-order valence-electron chi connectivity index (χ4n) is 3.92. The SMILES string of the molecule is CCCCN1C(=O)C(=O)/C(=C(/O)c2cc(OC)ccc2OC)C1c1cccc(OCCC)c1. The van der Waals surface area contributed by atoms with E-state index in [-0.39, 0.29) is 16.9 Å². The van der Waals surface area contributed by atoms with E-state index < -0.39 is 17.7 Å². The Hall–Kier alpha value is -3.48. The lowest BCUT2D eigenvalue weighted by Gasteiger charge is -2.25. The summed E-state index contributed by atoms with van der Waals surface area (Å²) < 4.78 is 16.5. The van der Waals surface area contributed by atoms with Gasteiger partial charge in [-0.05, 0) is 48.7 Å². The molecule has 1 aliphatic heterocycles. The molecule has 33 heavy (non-hydrogen) atoms. The number of carbonyl (C=O) groups excluding carboxylic acids is 2. The number of hydrogen-bond acceptors (Lipinski definition) is 6. The second-order valence-corrected chi connectivity index (χ2v) is 7.83. The zero-order valence-electron chi connectivity index (χ0n) is 19.6. The van der Waals surface area contributed by atoms with Crippen LogP contribution in [-0.4, -0.2) is 49.1 Å². The van der Waals surface area contributed by atoms with Gasteiger partial charge in [-0.15, -0.1) is 0 Å². The van der Waals surface area contributed by atoms with Crippen LogP contribution in [-0.2, 0) is 9.59 Å². The van der Waals surface area contributed by atoms with Crippen LogP contribution in [0.2, 0.25) is 0 Å². The van der Waals surface area contributed by atoms with Crippen LogP contribution in [0.5, 0.6) is 17.2 Å². The number of amides is 1. The molecule has 0 radical (unpaired) electrons. The number of rotatable bonds is 10. The van der Waals surface area contributed by atoms with Gasteiger partial charge < -0.3 is 24.2 Å². The van der Waals surface area contributed by atoms with Gasteiger partial charge in [-0.3, -0.25) is 9.59 Å². The lowest BCUT2D eigenvalue weighted by atomic mass is 9.94. The van der Waals surface area contributed by atoms with Crippen LogP contribution in [0.15, 0.2) is 48.0 Å². The number of unbranched alkanes of at least 4 members (excludes halogenated alkanes) is 1. The minimum atomic E-state index is -0.738. The van der Waals surface area contributed by atoms with E-state index in [0.717, 1.165) is 19.3 Å². The molecule has 1 amide bonds. The third-order valence-electron chi connectivity index (χ3n) is 5.60. The maximum absolute atomic E-state index is 13.2. The Labute approximate surface area is 194 Å². The zero-order valence-corrected chi connectivity index (χ0v) is 19.6. The molecule has 0 spiro atoms. The quantitative estimate of drug-likeness (QED) is 0.318. The van der Waals surface area contributed by atoms with Gasteiger partial charge in [-0.25, -0.2) is 0 Å². The zero-order chi connectivity index (χ0) is 24.0. The summed E-state index contributed by atoms with van der Waals surface area (Å²) in [5.41, 5.74) is 1.01. The van der Waals surface area contributed by atoms with Crippen molar-refractivity contribution in [2.45, 2.75) is 39.2 Å². The van der Waals surface area contributed by atoms with Gasteiger partial charge >= 0.3 is 0 Å². The average molecular weight is 454 g/mol. The molecule has 0 aliphatic carbocycles. The highest BCUT2D eigenvalue weighted by Crippen LogP contribution is 2.42. The Morgan fingerprint density at radius 1 is 1.00 bits per heavy atom. The van der Waals surface area contributed by atoms with Gasteiger partial charge in [-0.2, -0.15) is 0 Å². The molecular weight excluding hydrogens is 422 g/mol. The largest absolute Gasteiger partial charge is 0.507 e. The van der Waals surface area contributed by atoms with Crippen molar-refractivity contribution in [3.05, 3.63) is 59.2 Å². The second-order valence-electron chi connectivity index (χ2n) is 7.83. The molecule has 7 heteroatoms. The van der Waals surface area contributed by atoms with Crippen molar-refractivity contribution in [2.24, 2.45) is 0 Å². The van der Waals surface area contributed by atoms with Gasteiger partial charge in [0.15, 0.2) is 0 Å². The van der Waals surface area contributed by atoms with Crippen LogP contribution in [0.4, 0.5) is 0 Å². The summed E-state index contributed by atoms with van der Waals surface area (Å²) in [6, 6.07) is 11.5. The number of benzene rings is 2. The van der Waals surface area contributed by atoms with Crippen LogP contribution >= 0.6 is 0 Å². The van der Waals surface area contributed by atoms with Crippen LogP contribution in [0.3, 0.4) is 0 Å². The Bertz CT molecular complexity index is 1040. The molecule has 1 saturated heterocycles. The summed E-state index contributed by atoms with van der Waals surface area (Å²) in [6.07, 6.45) is 2.45. The minimum absolute atomic E-state index is 0.0234. The molecule has 1 atom stereocenters. The van der Waals surface area contributed by atoms with E-state index in [2.05, 4.69) is 0 Å². The van der Waals surface area contributed by atoms with Gasteiger partial charge in [0.1, 0.15) is 23.0 Å². The molecule has 0 saturated carbocycles. The predicted molar refractivity (Wildman–Crippen MR) is 126 cm³/mol. The lowest BCUT2D eigenvalue weighted by Crippen LogP contribution is -2.30. The summed E-state index contributed by atoms with van der Waals surface area (Å²) in [4.78, 5) is 27.7. The average Bonchev–Trinajstić information content (AvgIpc) is 3.10. The molecule has 1 fully saturated rings. The highest BCUT2D eigenvalue weighted by Gasteiger charge is 2.46. The number of ketones is 1. The summed E-state index contributed by atoms with van der Waals surface area (Å²) in [5, 5.41) is 11.3. The van der Waals surface area contributed by atoms with Crippen LogP contribution in [0, 0.1) is 0 Å². The van der Waals surface area contributed by atoms with Gasteiger partial charge in [0.25, 0.3) is 11.7 Å². The number of likely N-dealkylation sites (tertiary alicyclic amines) is 1. The first-order valence-electron chi connectivity index (χ1n) is 11.2. The molecular formula is C26H31NO6. The predicted octanol–water partition coefficient (Wildman–Crippen LogP) is 4.71. The number of hydrogen-bond donors (Lipinski definition) is 1. The van der Waals surface area contributed by atoms with Gasteiger partial charge in [0.2, 0.25) is 0 Å². The third kappa shape index (κ3) is 4.97. The van der Waals surface area contributed by atoms with E-state index in [1.165, 1.54) is 19.1 Å². The molecule has 1 aliphatic rings. The van der Waals surface area contributed by atoms with Gasteiger partial charge in [-0.1, -0.05) is 32.4 Å². The molecule has 1 N–H and O–H groups in total. The van der Waals surface area contributed by atoms with Gasteiger partial charge in [0, 0.05) is 6.54 Å². The van der Waals surface area contributed by atoms with Crippen molar-refractivity contribution < 1.29 is 28.9 Å². The normalized spacial score (nSPS) is 17.3. The Morgan fingerprint density at radius 3 is 2.45 bits per heavy atom. The summed E-state index contributed by atoms with van der Waals surface area (Å²) in [5.74, 6) is -0.145. The smallest absolute Gasteiger partial charge is 0.295 e. The van der Waals surface area contributed by atoms with Crippen LogP contribution in [0.1, 0.15) is 50.3 Å². The monoisotopic (exact) mass is 453 g/mol. The fourth-order valence-corrected chi connectivity index (χ4v) is 3.92. The maximum Gasteiger partial charge on any atom is 0.295 e. The first kappa shape index (κ1) is 24.2. The van der Waals surface area contributed by atoms with Crippen LogP contribution < -0.4 is 14.2 Å². The van der Waals surface area contributed by atoms with E-state index in [1.54, 1.807) is 18.2 Å². The highest BCUT2D eigenvalue weighted by atomic mass is 16.5. The summed E-state index contributed by atoms with van der Waals surface area (Å²) in [6.45, 7) is 5.00. The number of carbonyl (C=O) groups is 2. The Morgan fingerprint density at radius 2 is 1.79 bits per heavy atom. The second kappa shape index (κ2) is 10.9. The number of ether oxygens (including phenoxy) is 3. The van der Waals surface area contributed by atoms with E-state index in [1.807, 2.05) is 38.1 Å². The maximum atomic E-state index is 13.2. The van der Waals surface area contributed by atoms with E-state index in [4.69, 9.17) is 14.2 Å². The number of aliphatic hydroxyl groups is 1. The molecule has 2 aromatic rings. The molecule has 1 unspecified atom stereocenters. The highest BCUT2D eigenvalue weighted by molar-refractivity contribution is 6.46. The van der Waals surface area contributed by atoms with Crippen molar-refractivity contribution in [1.29, 1.82) is 0 Å². The van der Waals surface area contributed by atoms with E-state index >= 15 is 0 Å². The van der Waals surface area contributed by atoms with E-state index in [0.29, 0.717) is 36.0 Å². The molecule has 0 aromatic heterocycles. The number of methoxy groups -OCH3 is 2. The van der Waals surface area contributed by atoms with Crippen molar-refractivity contribution in [1.82, 2.24) is 4.90 Å². The van der Waals surface area contributed by atoms with Crippen molar-refractivity contribution in [2.75, 3.05) is 27.4 Å². The first-order chi connectivity index (χ1) is 16.0. The van der Waals surface area contributed by atoms with E-state index in [9.17, 15) is 14.7 Å². The summed E-state index contributed by atoms with van der Waals surface area (Å²) >= 11 is 0. The van der Waals surface area contributed by atoms with Crippen molar-refractivity contribution >= 4 is 17.4 Å². The Balaban J connectivity index is 2.19. The lowest BCUT2D eigenvalue weighted by molar-refractivity contribution is -0.139. The van der Waals surface area contributed by atoms with Crippen molar-refractivity contribution in [3.63, 3.8) is 0 Å². The number of Topliss-reactive ketones (excluding diaryl/α,β-unsaturated/α-hetero) is 1. The minimum Gasteiger partial charge on any atom is -0.507 e. The topological polar surface area (TPSA) is 85.3 Å². The molecule has 176 valence electrons. The third-order valence-corrected chi connectivity index (χ3v) is 5.60. The van der Waals surface area contributed by atoms with Crippen LogP contribution in [0.25, 0.3) is 5.76 Å².